The van der Waals surface area contributed by atoms with Gasteiger partial charge in [0.2, 0.25) is 11.8 Å². The van der Waals surface area contributed by atoms with E-state index in [4.69, 9.17) is 11.6 Å². The molecule has 1 fully saturated rings. The lowest BCUT2D eigenvalue weighted by Gasteiger charge is -2.16. The summed E-state index contributed by atoms with van der Waals surface area (Å²) in [5.41, 5.74) is 1.26. The number of sulfone groups is 1. The fourth-order valence-corrected chi connectivity index (χ4v) is 4.99. The van der Waals surface area contributed by atoms with Crippen LogP contribution in [0, 0.1) is 5.92 Å². The van der Waals surface area contributed by atoms with Gasteiger partial charge in [-0.05, 0) is 36.4 Å². The summed E-state index contributed by atoms with van der Waals surface area (Å²) in [4.78, 5) is 31.1. The van der Waals surface area contributed by atoms with Gasteiger partial charge in [-0.3, -0.25) is 9.59 Å². The normalized spacial score (nSPS) is 17.1. The maximum absolute atomic E-state index is 12.7. The Bertz CT molecular complexity index is 1240. The van der Waals surface area contributed by atoms with Crippen molar-refractivity contribution in [1.82, 2.24) is 4.98 Å². The standard InChI is InChI=1S/C19H16ClN3O4S2/c1-29(26,27)14-5-6-15-16(9-14)28-19(21-15)22-18(25)11-7-17(24)23(10-11)13-4-2-3-12(20)8-13/h2-6,8-9,11H,7,10H2,1H3,(H,21,22,25)/t11-/m0/s1. The number of carbonyl (C=O) groups excluding carboxylic acids is 2. The number of nitrogens with zero attached hydrogens (tertiary/aromatic N) is 2. The highest BCUT2D eigenvalue weighted by atomic mass is 35.5. The third-order valence-electron chi connectivity index (χ3n) is 4.63. The number of amides is 2. The fourth-order valence-electron chi connectivity index (χ4n) is 3.17. The second-order valence-corrected chi connectivity index (χ2v) is 10.3. The van der Waals surface area contributed by atoms with Crippen LogP contribution >= 0.6 is 22.9 Å². The fraction of sp³-hybridized carbons (Fsp3) is 0.211. The van der Waals surface area contributed by atoms with Crippen LogP contribution in [0.15, 0.2) is 47.4 Å². The topological polar surface area (TPSA) is 96.4 Å². The lowest BCUT2D eigenvalue weighted by atomic mass is 10.1. The molecule has 0 saturated carbocycles. The molecule has 3 aromatic rings. The Labute approximate surface area is 176 Å². The lowest BCUT2D eigenvalue weighted by molar-refractivity contribution is -0.122. The molecule has 1 saturated heterocycles. The second kappa shape index (κ2) is 7.40. The molecule has 29 heavy (non-hydrogen) atoms. The predicted octanol–water partition coefficient (Wildman–Crippen LogP) is 3.34. The molecule has 2 heterocycles. The summed E-state index contributed by atoms with van der Waals surface area (Å²) in [5, 5.41) is 3.63. The van der Waals surface area contributed by atoms with E-state index < -0.39 is 15.8 Å². The summed E-state index contributed by atoms with van der Waals surface area (Å²) >= 11 is 7.18. The van der Waals surface area contributed by atoms with Gasteiger partial charge in [-0.1, -0.05) is 29.0 Å². The number of rotatable bonds is 4. The van der Waals surface area contributed by atoms with Gasteiger partial charge in [0.05, 0.1) is 21.0 Å². The van der Waals surface area contributed by atoms with Crippen molar-refractivity contribution in [2.75, 3.05) is 23.0 Å². The van der Waals surface area contributed by atoms with Gasteiger partial charge in [-0.25, -0.2) is 13.4 Å². The molecule has 1 N–H and O–H groups in total. The molecule has 0 aliphatic carbocycles. The molecule has 2 aromatic carbocycles. The Kier molecular flexibility index (Phi) is 5.05. The van der Waals surface area contributed by atoms with E-state index in [1.54, 1.807) is 35.2 Å². The Balaban J connectivity index is 1.50. The second-order valence-electron chi connectivity index (χ2n) is 6.80. The first kappa shape index (κ1) is 19.8. The number of carbonyl (C=O) groups is 2. The highest BCUT2D eigenvalue weighted by Crippen LogP contribution is 2.31. The van der Waals surface area contributed by atoms with Crippen LogP contribution < -0.4 is 10.2 Å². The number of hydrogen-bond acceptors (Lipinski definition) is 6. The van der Waals surface area contributed by atoms with Gasteiger partial charge in [0, 0.05) is 29.9 Å². The molecule has 2 amide bonds. The van der Waals surface area contributed by atoms with Crippen molar-refractivity contribution in [1.29, 1.82) is 0 Å². The van der Waals surface area contributed by atoms with E-state index in [0.29, 0.717) is 26.1 Å². The van der Waals surface area contributed by atoms with Crippen molar-refractivity contribution < 1.29 is 18.0 Å². The largest absolute Gasteiger partial charge is 0.312 e. The van der Waals surface area contributed by atoms with Crippen molar-refractivity contribution in [3.63, 3.8) is 0 Å². The van der Waals surface area contributed by atoms with E-state index in [1.165, 1.54) is 23.5 Å². The summed E-state index contributed by atoms with van der Waals surface area (Å²) in [7, 11) is -3.32. The SMILES string of the molecule is CS(=O)(=O)c1ccc2nc(NC(=O)[C@H]3CC(=O)N(c4cccc(Cl)c4)C3)sc2c1. The Morgan fingerprint density at radius 1 is 1.28 bits per heavy atom. The minimum Gasteiger partial charge on any atom is -0.312 e. The van der Waals surface area contributed by atoms with Crippen LogP contribution in [-0.4, -0.2) is 38.0 Å². The molecule has 0 spiro atoms. The smallest absolute Gasteiger partial charge is 0.231 e. The monoisotopic (exact) mass is 449 g/mol. The van der Waals surface area contributed by atoms with E-state index in [9.17, 15) is 18.0 Å². The number of fused-ring (bicyclic) bond motifs is 1. The number of hydrogen-bond donors (Lipinski definition) is 1. The van der Waals surface area contributed by atoms with Crippen LogP contribution in [0.4, 0.5) is 10.8 Å². The third kappa shape index (κ3) is 4.12. The van der Waals surface area contributed by atoms with Crippen LogP contribution in [0.25, 0.3) is 10.2 Å². The molecule has 0 bridgehead atoms. The van der Waals surface area contributed by atoms with E-state index in [1.807, 2.05) is 0 Å². The first-order valence-electron chi connectivity index (χ1n) is 8.68. The molecule has 150 valence electrons. The van der Waals surface area contributed by atoms with E-state index >= 15 is 0 Å². The molecule has 1 atom stereocenters. The van der Waals surface area contributed by atoms with Gasteiger partial charge in [-0.15, -0.1) is 0 Å². The first-order chi connectivity index (χ1) is 13.7. The lowest BCUT2D eigenvalue weighted by Crippen LogP contribution is -2.28. The minimum absolute atomic E-state index is 0.0987. The molecular weight excluding hydrogens is 434 g/mol. The van der Waals surface area contributed by atoms with E-state index in [-0.39, 0.29) is 29.7 Å². The summed E-state index contributed by atoms with van der Waals surface area (Å²) in [5.74, 6) is -0.958. The summed E-state index contributed by atoms with van der Waals surface area (Å²) < 4.78 is 24.1. The van der Waals surface area contributed by atoms with Crippen molar-refractivity contribution in [2.24, 2.45) is 5.92 Å². The Morgan fingerprint density at radius 2 is 2.07 bits per heavy atom. The van der Waals surface area contributed by atoms with Crippen molar-refractivity contribution in [3.05, 3.63) is 47.5 Å². The molecule has 4 rings (SSSR count). The zero-order chi connectivity index (χ0) is 20.8. The van der Waals surface area contributed by atoms with Crippen molar-refractivity contribution in [2.45, 2.75) is 11.3 Å². The molecule has 0 unspecified atom stereocenters. The highest BCUT2D eigenvalue weighted by molar-refractivity contribution is 7.90. The molecule has 0 radical (unpaired) electrons. The molecule has 1 aliphatic rings. The van der Waals surface area contributed by atoms with E-state index in [2.05, 4.69) is 10.3 Å². The molecule has 1 aliphatic heterocycles. The summed E-state index contributed by atoms with van der Waals surface area (Å²) in [6.07, 6.45) is 1.24. The molecule has 7 nitrogen and oxygen atoms in total. The Hall–Kier alpha value is -2.49. The maximum atomic E-state index is 12.7. The number of aromatic nitrogens is 1. The quantitative estimate of drug-likeness (QED) is 0.658. The number of benzene rings is 2. The van der Waals surface area contributed by atoms with E-state index in [0.717, 1.165) is 6.26 Å². The number of nitrogens with one attached hydrogen (secondary N) is 1. The van der Waals surface area contributed by atoms with Crippen LogP contribution in [-0.2, 0) is 19.4 Å². The first-order valence-corrected chi connectivity index (χ1v) is 11.8. The van der Waals surface area contributed by atoms with Crippen LogP contribution in [0.1, 0.15) is 6.42 Å². The summed E-state index contributed by atoms with van der Waals surface area (Å²) in [6.45, 7) is 0.258. The van der Waals surface area contributed by atoms with Gasteiger partial charge in [0.1, 0.15) is 0 Å². The molecular formula is C19H16ClN3O4S2. The zero-order valence-electron chi connectivity index (χ0n) is 15.3. The van der Waals surface area contributed by atoms with Gasteiger partial charge in [0.25, 0.3) is 0 Å². The summed E-state index contributed by atoms with van der Waals surface area (Å²) in [6, 6.07) is 11.6. The average Bonchev–Trinajstić information content (AvgIpc) is 3.23. The Morgan fingerprint density at radius 3 is 2.79 bits per heavy atom. The van der Waals surface area contributed by atoms with Crippen molar-refractivity contribution in [3.8, 4) is 0 Å². The molecule has 10 heteroatoms. The minimum atomic E-state index is -3.32. The van der Waals surface area contributed by atoms with Crippen LogP contribution in [0.3, 0.4) is 0 Å². The van der Waals surface area contributed by atoms with Crippen LogP contribution in [0.2, 0.25) is 5.02 Å². The van der Waals surface area contributed by atoms with Crippen molar-refractivity contribution >= 4 is 65.6 Å². The predicted molar refractivity (Wildman–Crippen MR) is 113 cm³/mol. The maximum Gasteiger partial charge on any atom is 0.231 e. The third-order valence-corrected chi connectivity index (χ3v) is 6.91. The average molecular weight is 450 g/mol. The van der Waals surface area contributed by atoms with Gasteiger partial charge < -0.3 is 10.2 Å². The zero-order valence-corrected chi connectivity index (χ0v) is 17.6. The van der Waals surface area contributed by atoms with Gasteiger partial charge >= 0.3 is 0 Å². The number of thiazole rings is 1. The molecule has 1 aromatic heterocycles. The number of anilines is 2. The van der Waals surface area contributed by atoms with Gasteiger partial charge in [0.15, 0.2) is 15.0 Å². The number of halogens is 1. The highest BCUT2D eigenvalue weighted by Gasteiger charge is 2.35. The van der Waals surface area contributed by atoms with Gasteiger partial charge in [-0.2, -0.15) is 0 Å². The van der Waals surface area contributed by atoms with Crippen LogP contribution in [0.5, 0.6) is 0 Å².